The van der Waals surface area contributed by atoms with Gasteiger partial charge < -0.3 is 10.6 Å². The van der Waals surface area contributed by atoms with Gasteiger partial charge in [-0.05, 0) is 78.0 Å². The van der Waals surface area contributed by atoms with Crippen LogP contribution in [-0.4, -0.2) is 28.4 Å². The largest absolute Gasteiger partial charge is 0.338 e. The number of rotatable bonds is 8. The fraction of sp³-hybridized carbons (Fsp3) is 0.517. The van der Waals surface area contributed by atoms with E-state index in [1.807, 2.05) is 17.8 Å². The van der Waals surface area contributed by atoms with Gasteiger partial charge in [0.2, 0.25) is 0 Å². The van der Waals surface area contributed by atoms with Crippen LogP contribution in [0.1, 0.15) is 73.3 Å². The minimum Gasteiger partial charge on any atom is -0.338 e. The molecule has 2 aromatic carbocycles. The highest BCUT2D eigenvalue weighted by Crippen LogP contribution is 2.41. The molecule has 2 N–H and O–H groups in total. The smallest absolute Gasteiger partial charge is 0.315 e. The Morgan fingerprint density at radius 2 is 1.69 bits per heavy atom. The number of carbonyl (C=O) groups is 1. The van der Waals surface area contributed by atoms with Crippen LogP contribution < -0.4 is 10.6 Å². The van der Waals surface area contributed by atoms with Crippen LogP contribution in [-0.2, 0) is 0 Å². The molecule has 0 bridgehead atoms. The van der Waals surface area contributed by atoms with Gasteiger partial charge in [0.05, 0.1) is 17.4 Å². The van der Waals surface area contributed by atoms with Crippen molar-refractivity contribution in [2.75, 3.05) is 6.54 Å². The lowest BCUT2D eigenvalue weighted by Crippen LogP contribution is -2.49. The molecule has 0 aliphatic heterocycles. The molecule has 0 fully saturated rings. The molecule has 1 aromatic heterocycles. The summed E-state index contributed by atoms with van der Waals surface area (Å²) in [5.41, 5.74) is 2.89. The minimum atomic E-state index is -0.263. The van der Waals surface area contributed by atoms with Crippen LogP contribution in [0.3, 0.4) is 0 Å². The zero-order chi connectivity index (χ0) is 26.0. The molecule has 2 amide bonds. The first-order chi connectivity index (χ1) is 16.3. The van der Waals surface area contributed by atoms with E-state index in [4.69, 9.17) is 0 Å². The lowest BCUT2D eigenvalue weighted by molar-refractivity contribution is 0.206. The lowest BCUT2D eigenvalue weighted by Gasteiger charge is -2.37. The number of halogens is 1. The number of nitrogens with one attached hydrogen (secondary N) is 2. The van der Waals surface area contributed by atoms with Crippen molar-refractivity contribution in [2.45, 2.75) is 73.8 Å². The molecule has 1 heterocycles. The molecule has 0 spiro atoms. The summed E-state index contributed by atoms with van der Waals surface area (Å²) >= 11 is 0. The Kier molecular flexibility index (Phi) is 7.93. The predicted octanol–water partition coefficient (Wildman–Crippen LogP) is 7.05. The Hall–Kier alpha value is -2.89. The molecule has 0 aliphatic rings. The quantitative estimate of drug-likeness (QED) is 0.363. The molecule has 5 nitrogen and oxygen atoms in total. The monoisotopic (exact) mass is 480 g/mol. The van der Waals surface area contributed by atoms with E-state index >= 15 is 0 Å². The van der Waals surface area contributed by atoms with E-state index in [1.165, 1.54) is 17.7 Å². The third-order valence-electron chi connectivity index (χ3n) is 7.07. The lowest BCUT2D eigenvalue weighted by atomic mass is 9.71. The van der Waals surface area contributed by atoms with Crippen LogP contribution in [0.2, 0.25) is 0 Å². The average Bonchev–Trinajstić information content (AvgIpc) is 3.19. The Morgan fingerprint density at radius 3 is 2.29 bits per heavy atom. The third kappa shape index (κ3) is 6.62. The van der Waals surface area contributed by atoms with E-state index in [2.05, 4.69) is 82.4 Å². The summed E-state index contributed by atoms with van der Waals surface area (Å²) in [5, 5.41) is 11.8. The Bertz CT molecular complexity index is 1140. The van der Waals surface area contributed by atoms with Crippen molar-refractivity contribution >= 4 is 16.9 Å². The highest BCUT2D eigenvalue weighted by molar-refractivity contribution is 5.81. The molecule has 0 saturated heterocycles. The molecular weight excluding hydrogens is 439 g/mol. The van der Waals surface area contributed by atoms with Gasteiger partial charge in [0.25, 0.3) is 0 Å². The van der Waals surface area contributed by atoms with Gasteiger partial charge in [-0.1, -0.05) is 54.5 Å². The van der Waals surface area contributed by atoms with Crippen molar-refractivity contribution in [3.63, 3.8) is 0 Å². The number of hydrogen-bond donors (Lipinski definition) is 2. The first-order valence-electron chi connectivity index (χ1n) is 12.6. The van der Waals surface area contributed by atoms with Gasteiger partial charge in [-0.15, -0.1) is 0 Å². The molecule has 3 rings (SSSR count). The fourth-order valence-corrected chi connectivity index (χ4v) is 4.33. The van der Waals surface area contributed by atoms with Crippen molar-refractivity contribution < 1.29 is 9.18 Å². The zero-order valence-corrected chi connectivity index (χ0v) is 22.4. The van der Waals surface area contributed by atoms with Gasteiger partial charge in [-0.25, -0.2) is 13.9 Å². The van der Waals surface area contributed by atoms with E-state index in [0.717, 1.165) is 23.0 Å². The predicted molar refractivity (Wildman–Crippen MR) is 142 cm³/mol. The second-order valence-corrected chi connectivity index (χ2v) is 11.9. The van der Waals surface area contributed by atoms with Crippen LogP contribution >= 0.6 is 0 Å². The van der Waals surface area contributed by atoms with Gasteiger partial charge >= 0.3 is 6.03 Å². The van der Waals surface area contributed by atoms with Crippen molar-refractivity contribution in [1.29, 1.82) is 0 Å². The SMILES string of the molecule is CC(C)CC(c1ccc2c(cnn2-c2ccc(F)cc2)c1)C(C)(C)CNC(=O)NC(C)C(C)(C)C. The minimum absolute atomic E-state index is 0.000795. The highest BCUT2D eigenvalue weighted by Gasteiger charge is 2.32. The number of amides is 2. The number of aromatic nitrogens is 2. The fourth-order valence-electron chi connectivity index (χ4n) is 4.33. The number of benzene rings is 2. The maximum absolute atomic E-state index is 13.4. The van der Waals surface area contributed by atoms with Crippen LogP contribution in [0, 0.1) is 22.6 Å². The summed E-state index contributed by atoms with van der Waals surface area (Å²) in [4.78, 5) is 12.6. The number of nitrogens with zero attached hydrogens (tertiary/aromatic N) is 2. The van der Waals surface area contributed by atoms with E-state index in [9.17, 15) is 9.18 Å². The number of fused-ring (bicyclic) bond motifs is 1. The summed E-state index contributed by atoms with van der Waals surface area (Å²) in [6, 6.07) is 12.8. The summed E-state index contributed by atoms with van der Waals surface area (Å²) in [5.74, 6) is 0.495. The number of hydrogen-bond acceptors (Lipinski definition) is 2. The summed E-state index contributed by atoms with van der Waals surface area (Å²) in [6.07, 6.45) is 2.87. The second-order valence-electron chi connectivity index (χ2n) is 11.9. The van der Waals surface area contributed by atoms with Crippen LogP contribution in [0.25, 0.3) is 16.6 Å². The molecule has 35 heavy (non-hydrogen) atoms. The third-order valence-corrected chi connectivity index (χ3v) is 7.07. The summed E-state index contributed by atoms with van der Waals surface area (Å²) in [6.45, 7) is 17.9. The zero-order valence-electron chi connectivity index (χ0n) is 22.4. The van der Waals surface area contributed by atoms with Crippen molar-refractivity contribution in [2.24, 2.45) is 16.7 Å². The van der Waals surface area contributed by atoms with E-state index in [0.29, 0.717) is 12.5 Å². The molecule has 0 aliphatic carbocycles. The normalized spacial score (nSPS) is 14.2. The van der Waals surface area contributed by atoms with Crippen LogP contribution in [0.15, 0.2) is 48.7 Å². The van der Waals surface area contributed by atoms with Gasteiger partial charge in [-0.2, -0.15) is 5.10 Å². The Balaban J connectivity index is 1.83. The Morgan fingerprint density at radius 1 is 1.03 bits per heavy atom. The molecule has 0 saturated carbocycles. The maximum atomic E-state index is 13.4. The molecule has 190 valence electrons. The molecule has 2 atom stereocenters. The molecule has 2 unspecified atom stereocenters. The second kappa shape index (κ2) is 10.4. The summed E-state index contributed by atoms with van der Waals surface area (Å²) < 4.78 is 15.2. The van der Waals surface area contributed by atoms with Gasteiger partial charge in [0.15, 0.2) is 0 Å². The van der Waals surface area contributed by atoms with Crippen LogP contribution in [0.5, 0.6) is 0 Å². The van der Waals surface area contributed by atoms with Crippen molar-refractivity contribution in [1.82, 2.24) is 20.4 Å². The van der Waals surface area contributed by atoms with E-state index < -0.39 is 0 Å². The van der Waals surface area contributed by atoms with Gasteiger partial charge in [-0.3, -0.25) is 0 Å². The van der Waals surface area contributed by atoms with Gasteiger partial charge in [0, 0.05) is 18.0 Å². The molecular formula is C29H41FN4O. The van der Waals surface area contributed by atoms with E-state index in [-0.39, 0.29) is 34.6 Å². The first kappa shape index (κ1) is 26.7. The first-order valence-corrected chi connectivity index (χ1v) is 12.6. The van der Waals surface area contributed by atoms with Crippen molar-refractivity contribution in [3.05, 3.63) is 60.0 Å². The molecule has 3 aromatic rings. The number of urea groups is 1. The molecule has 0 radical (unpaired) electrons. The van der Waals surface area contributed by atoms with Gasteiger partial charge in [0.1, 0.15) is 5.82 Å². The molecule has 6 heteroatoms. The maximum Gasteiger partial charge on any atom is 0.315 e. The van der Waals surface area contributed by atoms with Crippen molar-refractivity contribution in [3.8, 4) is 5.69 Å². The topological polar surface area (TPSA) is 59.0 Å². The van der Waals surface area contributed by atoms with Crippen LogP contribution in [0.4, 0.5) is 9.18 Å². The van der Waals surface area contributed by atoms with E-state index in [1.54, 1.807) is 12.1 Å². The Labute approximate surface area is 209 Å². The summed E-state index contributed by atoms with van der Waals surface area (Å²) in [7, 11) is 0. The highest BCUT2D eigenvalue weighted by atomic mass is 19.1. The average molecular weight is 481 g/mol. The standard InChI is InChI=1S/C29H41FN4O/c1-19(2)15-25(29(7,8)18-31-27(35)33-20(3)28(4,5)6)21-9-14-26-22(16-21)17-32-34(26)24-12-10-23(30)11-13-24/h9-14,16-17,19-20,25H,15,18H2,1-8H3,(H2,31,33,35). The number of carbonyl (C=O) groups excluding carboxylic acids is 1.